The van der Waals surface area contributed by atoms with Crippen molar-refractivity contribution in [1.82, 2.24) is 9.88 Å². The molecule has 2 heterocycles. The molecule has 5 heteroatoms. The van der Waals surface area contributed by atoms with Gasteiger partial charge in [-0.2, -0.15) is 0 Å². The molecule has 0 spiro atoms. The van der Waals surface area contributed by atoms with E-state index in [1.54, 1.807) is 23.1 Å². The summed E-state index contributed by atoms with van der Waals surface area (Å²) in [5.74, 6) is 0.735. The van der Waals surface area contributed by atoms with Crippen LogP contribution in [-0.2, 0) is 4.79 Å². The number of amides is 1. The molecule has 0 N–H and O–H groups in total. The van der Waals surface area contributed by atoms with Crippen LogP contribution in [0.4, 0.5) is 0 Å². The molecule has 1 saturated heterocycles. The summed E-state index contributed by atoms with van der Waals surface area (Å²) in [5.41, 5.74) is 2.97. The Morgan fingerprint density at radius 1 is 1.07 bits per heavy atom. The maximum atomic E-state index is 13.6. The predicted molar refractivity (Wildman–Crippen MR) is 114 cm³/mol. The largest absolute Gasteiger partial charge is 0.305 e. The molecule has 0 saturated carbocycles. The molecule has 1 fully saturated rings. The summed E-state index contributed by atoms with van der Waals surface area (Å²) in [4.78, 5) is 20.0. The van der Waals surface area contributed by atoms with Gasteiger partial charge in [-0.05, 0) is 24.1 Å². The van der Waals surface area contributed by atoms with E-state index in [0.29, 0.717) is 0 Å². The quantitative estimate of drug-likeness (QED) is 0.615. The van der Waals surface area contributed by atoms with Gasteiger partial charge in [-0.25, -0.2) is 4.98 Å². The molecule has 2 aromatic carbocycles. The first-order chi connectivity index (χ1) is 13.2. The molecule has 27 heavy (non-hydrogen) atoms. The average Bonchev–Trinajstić information content (AvgIpc) is 3.33. The first-order valence-electron chi connectivity index (χ1n) is 8.90. The number of aromatic nitrogens is 1. The summed E-state index contributed by atoms with van der Waals surface area (Å²) < 4.78 is 0. The third-order valence-corrected chi connectivity index (χ3v) is 6.33. The van der Waals surface area contributed by atoms with E-state index in [9.17, 15) is 4.79 Å². The van der Waals surface area contributed by atoms with Crippen LogP contribution in [0, 0.1) is 6.92 Å². The lowest BCUT2D eigenvalue weighted by molar-refractivity contribution is -0.129. The van der Waals surface area contributed by atoms with Gasteiger partial charge in [0.25, 0.3) is 0 Å². The second-order valence-electron chi connectivity index (χ2n) is 6.37. The Morgan fingerprint density at radius 3 is 2.26 bits per heavy atom. The Morgan fingerprint density at radius 2 is 1.70 bits per heavy atom. The van der Waals surface area contributed by atoms with Crippen LogP contribution in [0.3, 0.4) is 0 Å². The molecule has 0 unspecified atom stereocenters. The number of carbonyl (C=O) groups excluding carboxylic acids is 1. The van der Waals surface area contributed by atoms with Crippen molar-refractivity contribution in [2.24, 2.45) is 0 Å². The lowest BCUT2D eigenvalue weighted by Gasteiger charge is -2.24. The minimum Gasteiger partial charge on any atom is -0.305 e. The minimum atomic E-state index is -0.299. The lowest BCUT2D eigenvalue weighted by atomic mass is 9.90. The lowest BCUT2D eigenvalue weighted by Crippen LogP contribution is -2.32. The van der Waals surface area contributed by atoms with Crippen LogP contribution in [0.25, 0.3) is 6.08 Å². The van der Waals surface area contributed by atoms with Gasteiger partial charge in [0.05, 0.1) is 21.6 Å². The SMILES string of the molecule is Cc1nc(/C=C2/SCCN2C(=O)C(c2ccccc2)c2ccccc2)cs1. The molecule has 1 aliphatic heterocycles. The second-order valence-corrected chi connectivity index (χ2v) is 8.54. The molecule has 1 aliphatic rings. The monoisotopic (exact) mass is 392 g/mol. The van der Waals surface area contributed by atoms with Crippen LogP contribution in [0.2, 0.25) is 0 Å². The first kappa shape index (κ1) is 18.0. The van der Waals surface area contributed by atoms with Crippen molar-refractivity contribution in [1.29, 1.82) is 0 Å². The maximum absolute atomic E-state index is 13.6. The third kappa shape index (κ3) is 3.99. The van der Waals surface area contributed by atoms with Gasteiger partial charge in [0.1, 0.15) is 0 Å². The molecular weight excluding hydrogens is 372 g/mol. The van der Waals surface area contributed by atoms with Gasteiger partial charge in [0.15, 0.2) is 0 Å². The van der Waals surface area contributed by atoms with Crippen molar-refractivity contribution in [2.45, 2.75) is 12.8 Å². The van der Waals surface area contributed by atoms with Gasteiger partial charge in [-0.15, -0.1) is 23.1 Å². The fraction of sp³-hybridized carbons (Fsp3) is 0.182. The van der Waals surface area contributed by atoms with E-state index in [4.69, 9.17) is 0 Å². The summed E-state index contributed by atoms with van der Waals surface area (Å²) in [5, 5.41) is 4.06. The highest BCUT2D eigenvalue weighted by molar-refractivity contribution is 8.03. The fourth-order valence-corrected chi connectivity index (χ4v) is 4.86. The van der Waals surface area contributed by atoms with Crippen LogP contribution in [-0.4, -0.2) is 28.1 Å². The van der Waals surface area contributed by atoms with E-state index >= 15 is 0 Å². The van der Waals surface area contributed by atoms with Crippen LogP contribution >= 0.6 is 23.1 Å². The van der Waals surface area contributed by atoms with E-state index < -0.39 is 0 Å². The molecule has 0 atom stereocenters. The number of thioether (sulfide) groups is 1. The van der Waals surface area contributed by atoms with Gasteiger partial charge < -0.3 is 4.90 Å². The Labute approximate surface area is 167 Å². The summed E-state index contributed by atoms with van der Waals surface area (Å²) in [6.07, 6.45) is 2.03. The third-order valence-electron chi connectivity index (χ3n) is 4.52. The highest BCUT2D eigenvalue weighted by Crippen LogP contribution is 2.35. The molecule has 4 rings (SSSR count). The first-order valence-corrected chi connectivity index (χ1v) is 10.8. The number of benzene rings is 2. The van der Waals surface area contributed by atoms with Gasteiger partial charge in [0.2, 0.25) is 5.91 Å². The summed E-state index contributed by atoms with van der Waals surface area (Å²) in [6.45, 7) is 2.73. The highest BCUT2D eigenvalue weighted by atomic mass is 32.2. The van der Waals surface area contributed by atoms with E-state index in [1.165, 1.54) is 0 Å². The Balaban J connectivity index is 1.70. The summed E-state index contributed by atoms with van der Waals surface area (Å²) in [6, 6.07) is 20.1. The zero-order chi connectivity index (χ0) is 18.6. The minimum absolute atomic E-state index is 0.121. The number of hydrogen-bond donors (Lipinski definition) is 0. The van der Waals surface area contributed by atoms with Crippen molar-refractivity contribution < 1.29 is 4.79 Å². The van der Waals surface area contributed by atoms with E-state index in [0.717, 1.165) is 39.2 Å². The van der Waals surface area contributed by atoms with Gasteiger partial charge in [-0.1, -0.05) is 60.7 Å². The smallest absolute Gasteiger partial charge is 0.239 e. The van der Waals surface area contributed by atoms with Crippen molar-refractivity contribution in [3.05, 3.63) is 92.9 Å². The van der Waals surface area contributed by atoms with Crippen molar-refractivity contribution in [3.8, 4) is 0 Å². The van der Waals surface area contributed by atoms with Crippen LogP contribution in [0.5, 0.6) is 0 Å². The molecule has 0 bridgehead atoms. The number of thiazole rings is 1. The Bertz CT molecular complexity index is 911. The normalized spacial score (nSPS) is 15.6. The second kappa shape index (κ2) is 8.11. The highest BCUT2D eigenvalue weighted by Gasteiger charge is 2.32. The molecular formula is C22H20N2OS2. The number of nitrogens with zero attached hydrogens (tertiary/aromatic N) is 2. The molecule has 0 aliphatic carbocycles. The molecule has 1 amide bonds. The topological polar surface area (TPSA) is 33.2 Å². The van der Waals surface area contributed by atoms with Crippen LogP contribution in [0.15, 0.2) is 71.1 Å². The van der Waals surface area contributed by atoms with Gasteiger partial charge >= 0.3 is 0 Å². The standard InChI is InChI=1S/C22H20N2OS2/c1-16-23-19(15-27-16)14-20-24(12-13-26-20)22(25)21(17-8-4-2-5-9-17)18-10-6-3-7-11-18/h2-11,14-15,21H,12-13H2,1H3/b20-14+. The van der Waals surface area contributed by atoms with E-state index in [-0.39, 0.29) is 11.8 Å². The predicted octanol–water partition coefficient (Wildman–Crippen LogP) is 5.16. The van der Waals surface area contributed by atoms with Gasteiger partial charge in [-0.3, -0.25) is 4.79 Å². The van der Waals surface area contributed by atoms with E-state index in [1.807, 2.05) is 83.9 Å². The Hall–Kier alpha value is -2.37. The summed E-state index contributed by atoms with van der Waals surface area (Å²) >= 11 is 3.35. The Kier molecular flexibility index (Phi) is 5.41. The van der Waals surface area contributed by atoms with Crippen molar-refractivity contribution in [3.63, 3.8) is 0 Å². The zero-order valence-corrected chi connectivity index (χ0v) is 16.7. The van der Waals surface area contributed by atoms with Crippen molar-refractivity contribution >= 4 is 35.1 Å². The van der Waals surface area contributed by atoms with Crippen molar-refractivity contribution in [2.75, 3.05) is 12.3 Å². The maximum Gasteiger partial charge on any atom is 0.239 e. The molecule has 3 nitrogen and oxygen atoms in total. The van der Waals surface area contributed by atoms with Crippen LogP contribution < -0.4 is 0 Å². The number of hydrogen-bond acceptors (Lipinski definition) is 4. The zero-order valence-electron chi connectivity index (χ0n) is 15.0. The molecule has 1 aromatic heterocycles. The number of carbonyl (C=O) groups is 1. The average molecular weight is 393 g/mol. The van der Waals surface area contributed by atoms with Crippen LogP contribution in [0.1, 0.15) is 27.7 Å². The fourth-order valence-electron chi connectivity index (χ4n) is 3.27. The number of rotatable bonds is 4. The summed E-state index contributed by atoms with van der Waals surface area (Å²) in [7, 11) is 0. The molecule has 3 aromatic rings. The van der Waals surface area contributed by atoms with E-state index in [2.05, 4.69) is 4.98 Å². The molecule has 136 valence electrons. The van der Waals surface area contributed by atoms with Gasteiger partial charge in [0, 0.05) is 17.7 Å². The number of aryl methyl sites for hydroxylation is 1. The molecule has 0 radical (unpaired) electrons.